The Morgan fingerprint density at radius 2 is 1.93 bits per heavy atom. The van der Waals surface area contributed by atoms with Crippen molar-refractivity contribution in [2.75, 3.05) is 18.8 Å². The molecule has 0 saturated carbocycles. The Morgan fingerprint density at radius 3 is 2.63 bits per heavy atom. The molecule has 3 aromatic rings. The van der Waals surface area contributed by atoms with Gasteiger partial charge in [-0.3, -0.25) is 19.1 Å². The minimum Gasteiger partial charge on any atom is -0.343 e. The molecule has 0 bridgehead atoms. The predicted molar refractivity (Wildman–Crippen MR) is 108 cm³/mol. The maximum Gasteiger partial charge on any atom is 0.262 e. The Bertz CT molecular complexity index is 984. The Balaban J connectivity index is 1.98. The van der Waals surface area contributed by atoms with Gasteiger partial charge < -0.3 is 4.90 Å². The van der Waals surface area contributed by atoms with E-state index in [0.29, 0.717) is 35.7 Å². The summed E-state index contributed by atoms with van der Waals surface area (Å²) in [6, 6.07) is 11.0. The maximum absolute atomic E-state index is 13.0. The molecule has 0 radical (unpaired) electrons. The van der Waals surface area contributed by atoms with Crippen LogP contribution in [0.4, 0.5) is 0 Å². The van der Waals surface area contributed by atoms with Crippen LogP contribution in [0.15, 0.2) is 58.7 Å². The van der Waals surface area contributed by atoms with Crippen molar-refractivity contribution in [2.24, 2.45) is 0 Å². The van der Waals surface area contributed by atoms with Crippen LogP contribution in [0, 0.1) is 0 Å². The molecular weight excluding hydrogens is 360 g/mol. The van der Waals surface area contributed by atoms with E-state index in [4.69, 9.17) is 0 Å². The molecule has 0 aliphatic heterocycles. The summed E-state index contributed by atoms with van der Waals surface area (Å²) >= 11 is 1.30. The average Bonchev–Trinajstić information content (AvgIpc) is 2.70. The van der Waals surface area contributed by atoms with E-state index in [9.17, 15) is 9.59 Å². The summed E-state index contributed by atoms with van der Waals surface area (Å²) in [6.07, 6.45) is 3.43. The molecule has 2 heterocycles. The third-order valence-corrected chi connectivity index (χ3v) is 5.29. The van der Waals surface area contributed by atoms with Crippen LogP contribution in [0.5, 0.6) is 0 Å². The molecule has 0 aliphatic carbocycles. The Hall–Kier alpha value is -2.67. The number of amides is 1. The lowest BCUT2D eigenvalue weighted by Gasteiger charge is -2.19. The van der Waals surface area contributed by atoms with Gasteiger partial charge in [-0.05, 0) is 37.6 Å². The minimum atomic E-state index is -0.109. The molecule has 2 aromatic heterocycles. The molecule has 1 amide bonds. The van der Waals surface area contributed by atoms with E-state index < -0.39 is 0 Å². The monoisotopic (exact) mass is 382 g/mol. The van der Waals surface area contributed by atoms with Crippen LogP contribution in [-0.2, 0) is 11.3 Å². The SMILES string of the molecule is CCN(CC)C(=O)CSc1nc2ccccc2c(=O)n1Cc1cccnc1. The zero-order valence-corrected chi connectivity index (χ0v) is 16.3. The van der Waals surface area contributed by atoms with Crippen molar-refractivity contribution in [3.8, 4) is 0 Å². The van der Waals surface area contributed by atoms with E-state index in [2.05, 4.69) is 9.97 Å². The maximum atomic E-state index is 13.0. The summed E-state index contributed by atoms with van der Waals surface area (Å²) in [5, 5.41) is 1.11. The quantitative estimate of drug-likeness (QED) is 0.464. The van der Waals surface area contributed by atoms with Gasteiger partial charge in [-0.15, -0.1) is 0 Å². The number of hydrogen-bond acceptors (Lipinski definition) is 5. The number of para-hydroxylation sites is 1. The first-order valence-electron chi connectivity index (χ1n) is 8.93. The molecular formula is C20H22N4O2S. The number of aromatic nitrogens is 3. The van der Waals surface area contributed by atoms with Gasteiger partial charge in [-0.2, -0.15) is 0 Å². The van der Waals surface area contributed by atoms with Gasteiger partial charge in [-0.25, -0.2) is 4.98 Å². The summed E-state index contributed by atoms with van der Waals surface area (Å²) in [5.74, 6) is 0.291. The van der Waals surface area contributed by atoms with Gasteiger partial charge in [0.25, 0.3) is 5.56 Å². The van der Waals surface area contributed by atoms with E-state index in [1.54, 1.807) is 27.9 Å². The molecule has 0 fully saturated rings. The lowest BCUT2D eigenvalue weighted by atomic mass is 10.2. The van der Waals surface area contributed by atoms with E-state index >= 15 is 0 Å². The van der Waals surface area contributed by atoms with Gasteiger partial charge in [0.05, 0.1) is 23.2 Å². The molecule has 0 unspecified atom stereocenters. The normalized spacial score (nSPS) is 10.9. The largest absolute Gasteiger partial charge is 0.343 e. The molecule has 7 heteroatoms. The van der Waals surface area contributed by atoms with E-state index in [-0.39, 0.29) is 17.2 Å². The Morgan fingerprint density at radius 1 is 1.15 bits per heavy atom. The number of benzene rings is 1. The van der Waals surface area contributed by atoms with Crippen molar-refractivity contribution < 1.29 is 4.79 Å². The summed E-state index contributed by atoms with van der Waals surface area (Å²) in [7, 11) is 0. The van der Waals surface area contributed by atoms with Crippen molar-refractivity contribution in [3.63, 3.8) is 0 Å². The molecule has 0 aliphatic rings. The number of pyridine rings is 1. The number of carbonyl (C=O) groups is 1. The second-order valence-corrected chi connectivity index (χ2v) is 6.96. The highest BCUT2D eigenvalue weighted by atomic mass is 32.2. The topological polar surface area (TPSA) is 68.1 Å². The third-order valence-electron chi connectivity index (χ3n) is 4.33. The number of rotatable bonds is 7. The fourth-order valence-electron chi connectivity index (χ4n) is 2.87. The second kappa shape index (κ2) is 8.81. The Kier molecular flexibility index (Phi) is 6.24. The molecule has 0 N–H and O–H groups in total. The van der Waals surface area contributed by atoms with E-state index in [0.717, 1.165) is 5.56 Å². The van der Waals surface area contributed by atoms with Crippen LogP contribution < -0.4 is 5.56 Å². The molecule has 27 heavy (non-hydrogen) atoms. The lowest BCUT2D eigenvalue weighted by molar-refractivity contribution is -0.127. The van der Waals surface area contributed by atoms with Gasteiger partial charge in [0, 0.05) is 25.5 Å². The van der Waals surface area contributed by atoms with Crippen LogP contribution in [0.25, 0.3) is 10.9 Å². The molecule has 3 rings (SSSR count). The van der Waals surface area contributed by atoms with Crippen molar-refractivity contribution in [1.29, 1.82) is 0 Å². The van der Waals surface area contributed by atoms with Gasteiger partial charge >= 0.3 is 0 Å². The van der Waals surface area contributed by atoms with Gasteiger partial charge in [0.1, 0.15) is 0 Å². The van der Waals surface area contributed by atoms with Crippen LogP contribution in [0.1, 0.15) is 19.4 Å². The van der Waals surface area contributed by atoms with Crippen molar-refractivity contribution >= 4 is 28.6 Å². The fraction of sp³-hybridized carbons (Fsp3) is 0.300. The van der Waals surface area contributed by atoms with Crippen molar-refractivity contribution in [3.05, 3.63) is 64.7 Å². The van der Waals surface area contributed by atoms with Gasteiger partial charge in [0.15, 0.2) is 5.16 Å². The molecule has 6 nitrogen and oxygen atoms in total. The lowest BCUT2D eigenvalue weighted by Crippen LogP contribution is -2.32. The summed E-state index contributed by atoms with van der Waals surface area (Å²) in [6.45, 7) is 5.62. The van der Waals surface area contributed by atoms with E-state index in [1.165, 1.54) is 11.8 Å². The standard InChI is InChI=1S/C20H22N4O2S/c1-3-23(4-2)18(25)14-27-20-22-17-10-6-5-9-16(17)19(26)24(20)13-15-8-7-11-21-12-15/h5-12H,3-4,13-14H2,1-2H3. The average molecular weight is 382 g/mol. The first kappa shape index (κ1) is 19.1. The van der Waals surface area contributed by atoms with Crippen LogP contribution in [-0.4, -0.2) is 44.2 Å². The molecule has 1 aromatic carbocycles. The number of nitrogens with zero attached hydrogens (tertiary/aromatic N) is 4. The predicted octanol–water partition coefficient (Wildman–Crippen LogP) is 2.80. The highest BCUT2D eigenvalue weighted by Gasteiger charge is 2.15. The first-order valence-corrected chi connectivity index (χ1v) is 9.91. The fourth-order valence-corrected chi connectivity index (χ4v) is 3.77. The number of thioether (sulfide) groups is 1. The van der Waals surface area contributed by atoms with Crippen molar-refractivity contribution in [1.82, 2.24) is 19.4 Å². The number of hydrogen-bond donors (Lipinski definition) is 0. The second-order valence-electron chi connectivity index (χ2n) is 6.02. The summed E-state index contributed by atoms with van der Waals surface area (Å²) in [5.41, 5.74) is 1.44. The number of fused-ring (bicyclic) bond motifs is 1. The van der Waals surface area contributed by atoms with Crippen LogP contribution in [0.3, 0.4) is 0 Å². The molecule has 0 spiro atoms. The molecule has 0 atom stereocenters. The summed E-state index contributed by atoms with van der Waals surface area (Å²) < 4.78 is 1.62. The summed E-state index contributed by atoms with van der Waals surface area (Å²) in [4.78, 5) is 36.0. The minimum absolute atomic E-state index is 0.0420. The highest BCUT2D eigenvalue weighted by Crippen LogP contribution is 2.19. The van der Waals surface area contributed by atoms with E-state index in [1.807, 2.05) is 44.2 Å². The highest BCUT2D eigenvalue weighted by molar-refractivity contribution is 7.99. The van der Waals surface area contributed by atoms with Crippen LogP contribution >= 0.6 is 11.8 Å². The molecule has 140 valence electrons. The van der Waals surface area contributed by atoms with Crippen molar-refractivity contribution in [2.45, 2.75) is 25.5 Å². The Labute approximate surface area is 162 Å². The van der Waals surface area contributed by atoms with Gasteiger partial charge in [0.2, 0.25) is 5.91 Å². The smallest absolute Gasteiger partial charge is 0.262 e. The zero-order valence-electron chi connectivity index (χ0n) is 15.5. The first-order chi connectivity index (χ1) is 13.1. The zero-order chi connectivity index (χ0) is 19.2. The third kappa shape index (κ3) is 4.36. The van der Waals surface area contributed by atoms with Gasteiger partial charge in [-0.1, -0.05) is 30.0 Å². The molecule has 0 saturated heterocycles. The number of carbonyl (C=O) groups excluding carboxylic acids is 1. The van der Waals surface area contributed by atoms with Crippen LogP contribution in [0.2, 0.25) is 0 Å².